The lowest BCUT2D eigenvalue weighted by molar-refractivity contribution is -0.163. The van der Waals surface area contributed by atoms with E-state index in [0.29, 0.717) is 43.8 Å². The average molecular weight is 722 g/mol. The summed E-state index contributed by atoms with van der Waals surface area (Å²) in [5.41, 5.74) is -0.0786. The monoisotopic (exact) mass is 720 g/mol. The van der Waals surface area contributed by atoms with Gasteiger partial charge < -0.3 is 18.9 Å². The van der Waals surface area contributed by atoms with Crippen LogP contribution in [0.2, 0.25) is 10.0 Å². The average Bonchev–Trinajstić information content (AvgIpc) is 3.05. The highest BCUT2D eigenvalue weighted by molar-refractivity contribution is 6.31. The minimum Gasteiger partial charge on any atom is -0.476 e. The van der Waals surface area contributed by atoms with E-state index < -0.39 is 23.1 Å². The maximum atomic E-state index is 12.4. The van der Waals surface area contributed by atoms with Gasteiger partial charge in [-0.15, -0.1) is 0 Å². The molecule has 0 N–H and O–H groups in total. The Labute approximate surface area is 303 Å². The topological polar surface area (TPSA) is 105 Å². The smallest absolute Gasteiger partial charge is 0.350 e. The summed E-state index contributed by atoms with van der Waals surface area (Å²) < 4.78 is 21.8. The van der Waals surface area contributed by atoms with Gasteiger partial charge in [0.2, 0.25) is 0 Å². The van der Waals surface area contributed by atoms with Crippen molar-refractivity contribution < 1.29 is 38.1 Å². The minimum absolute atomic E-state index is 0.110. The molecule has 0 unspecified atom stereocenters. The number of ketones is 2. The van der Waals surface area contributed by atoms with E-state index in [1.165, 1.54) is 0 Å². The Kier molecular flexibility index (Phi) is 13.8. The third kappa shape index (κ3) is 11.7. The first-order chi connectivity index (χ1) is 23.4. The number of rotatable bonds is 12. The summed E-state index contributed by atoms with van der Waals surface area (Å²) in [7, 11) is 0. The van der Waals surface area contributed by atoms with Gasteiger partial charge in [0.15, 0.2) is 22.8 Å². The normalized spacial score (nSPS) is 11.3. The molecule has 0 aliphatic carbocycles. The summed E-state index contributed by atoms with van der Waals surface area (Å²) in [6, 6.07) is 26.7. The third-order valence-electron chi connectivity index (χ3n) is 6.86. The molecule has 264 valence electrons. The van der Waals surface area contributed by atoms with Gasteiger partial charge in [0.1, 0.15) is 11.5 Å². The van der Waals surface area contributed by atoms with Crippen molar-refractivity contribution in [3.63, 3.8) is 0 Å². The fourth-order valence-electron chi connectivity index (χ4n) is 4.27. The third-order valence-corrected chi connectivity index (χ3v) is 7.36. The maximum Gasteiger partial charge on any atom is 0.350 e. The van der Waals surface area contributed by atoms with Gasteiger partial charge in [0.05, 0.1) is 12.2 Å². The molecule has 0 heterocycles. The van der Waals surface area contributed by atoms with Crippen LogP contribution in [0.15, 0.2) is 97.1 Å². The van der Waals surface area contributed by atoms with Gasteiger partial charge in [-0.1, -0.05) is 23.2 Å². The Morgan fingerprint density at radius 2 is 0.700 bits per heavy atom. The van der Waals surface area contributed by atoms with E-state index in [-0.39, 0.29) is 23.8 Å². The van der Waals surface area contributed by atoms with E-state index in [1.54, 1.807) is 152 Å². The van der Waals surface area contributed by atoms with Gasteiger partial charge in [-0.05, 0) is 152 Å². The molecule has 4 aromatic rings. The molecule has 0 aliphatic rings. The maximum absolute atomic E-state index is 12.4. The first-order valence-corrected chi connectivity index (χ1v) is 16.7. The Hall–Kier alpha value is -4.66. The van der Waals surface area contributed by atoms with Gasteiger partial charge in [0, 0.05) is 32.3 Å². The fourth-order valence-corrected chi connectivity index (χ4v) is 4.52. The zero-order valence-corrected chi connectivity index (χ0v) is 30.9. The Morgan fingerprint density at radius 1 is 0.460 bits per heavy atom. The second kappa shape index (κ2) is 17.3. The van der Waals surface area contributed by atoms with Crippen LogP contribution in [0.5, 0.6) is 11.5 Å². The van der Waals surface area contributed by atoms with Crippen LogP contribution in [0.1, 0.15) is 87.2 Å². The largest absolute Gasteiger partial charge is 0.476 e. The minimum atomic E-state index is -1.12. The molecule has 0 saturated carbocycles. The second-order valence-corrected chi connectivity index (χ2v) is 13.7. The summed E-state index contributed by atoms with van der Waals surface area (Å²) in [5, 5.41) is 1.16. The Balaban J connectivity index is 0.000000270. The Bertz CT molecular complexity index is 1630. The molecule has 0 spiro atoms. The SMILES string of the molecule is CC(C)OC(=O)C(C)(C)Oc1ccc(C(=O)c2ccc(Cl)cc2)cc1.CC(C)OC(=O)C(C)(C)Oc1ccc(C(=O)c2ccc(Cl)cc2)cc1. The van der Waals surface area contributed by atoms with E-state index in [2.05, 4.69) is 0 Å². The highest BCUT2D eigenvalue weighted by Crippen LogP contribution is 2.24. The van der Waals surface area contributed by atoms with Crippen LogP contribution < -0.4 is 9.47 Å². The predicted octanol–water partition coefficient (Wildman–Crippen LogP) is 9.36. The highest BCUT2D eigenvalue weighted by Gasteiger charge is 2.33. The molecule has 0 radical (unpaired) electrons. The van der Waals surface area contributed by atoms with Gasteiger partial charge in [-0.25, -0.2) is 9.59 Å². The van der Waals surface area contributed by atoms with E-state index in [4.69, 9.17) is 42.1 Å². The molecule has 0 amide bonds. The number of hydrogen-bond acceptors (Lipinski definition) is 8. The summed E-state index contributed by atoms with van der Waals surface area (Å²) in [5.74, 6) is -0.132. The lowest BCUT2D eigenvalue weighted by Crippen LogP contribution is -2.40. The van der Waals surface area contributed by atoms with E-state index in [1.807, 2.05) is 0 Å². The second-order valence-electron chi connectivity index (χ2n) is 12.9. The lowest BCUT2D eigenvalue weighted by Gasteiger charge is -2.25. The van der Waals surface area contributed by atoms with Crippen LogP contribution in [-0.2, 0) is 19.1 Å². The molecule has 0 aliphatic heterocycles. The molecule has 4 aromatic carbocycles. The van der Waals surface area contributed by atoms with Crippen LogP contribution >= 0.6 is 23.2 Å². The van der Waals surface area contributed by atoms with Crippen LogP contribution in [0.25, 0.3) is 0 Å². The van der Waals surface area contributed by atoms with Gasteiger partial charge in [-0.2, -0.15) is 0 Å². The van der Waals surface area contributed by atoms with Crippen molar-refractivity contribution in [3.05, 3.63) is 129 Å². The van der Waals surface area contributed by atoms with Crippen molar-refractivity contribution in [3.8, 4) is 11.5 Å². The van der Waals surface area contributed by atoms with E-state index >= 15 is 0 Å². The highest BCUT2D eigenvalue weighted by atomic mass is 35.5. The van der Waals surface area contributed by atoms with Crippen LogP contribution in [0, 0.1) is 0 Å². The molecule has 0 saturated heterocycles. The molecule has 0 aromatic heterocycles. The van der Waals surface area contributed by atoms with Gasteiger partial charge in [-0.3, -0.25) is 9.59 Å². The number of ether oxygens (including phenoxy) is 4. The quantitative estimate of drug-likeness (QED) is 0.105. The van der Waals surface area contributed by atoms with Gasteiger partial charge in [0.25, 0.3) is 0 Å². The van der Waals surface area contributed by atoms with Crippen molar-refractivity contribution in [1.29, 1.82) is 0 Å². The number of benzene rings is 4. The van der Waals surface area contributed by atoms with Crippen LogP contribution in [0.4, 0.5) is 0 Å². The molecule has 8 nitrogen and oxygen atoms in total. The molecule has 50 heavy (non-hydrogen) atoms. The standard InChI is InChI=1S/2C20H21ClO4/c2*1-13(2)24-19(23)20(3,4)25-17-11-7-15(8-12-17)18(22)14-5-9-16(21)10-6-14/h2*5-13H,1-4H3. The van der Waals surface area contributed by atoms with Crippen LogP contribution in [0.3, 0.4) is 0 Å². The molecular weight excluding hydrogens is 679 g/mol. The number of carbonyl (C=O) groups excluding carboxylic acids is 4. The summed E-state index contributed by atoms with van der Waals surface area (Å²) in [6.07, 6.45) is -0.426. The molecule has 4 rings (SSSR count). The van der Waals surface area contributed by atoms with Gasteiger partial charge >= 0.3 is 11.9 Å². The van der Waals surface area contributed by atoms with Crippen molar-refractivity contribution in [2.24, 2.45) is 0 Å². The number of hydrogen-bond donors (Lipinski definition) is 0. The molecule has 0 atom stereocenters. The van der Waals surface area contributed by atoms with Crippen LogP contribution in [-0.4, -0.2) is 46.9 Å². The van der Waals surface area contributed by atoms with E-state index in [9.17, 15) is 19.2 Å². The number of halogens is 2. The molecular formula is C40H42Cl2O8. The van der Waals surface area contributed by atoms with Crippen molar-refractivity contribution in [2.75, 3.05) is 0 Å². The predicted molar refractivity (Wildman–Crippen MR) is 195 cm³/mol. The zero-order chi connectivity index (χ0) is 37.2. The summed E-state index contributed by atoms with van der Waals surface area (Å²) in [4.78, 5) is 49.0. The molecule has 10 heteroatoms. The molecule has 0 fully saturated rings. The van der Waals surface area contributed by atoms with Crippen molar-refractivity contribution in [1.82, 2.24) is 0 Å². The summed E-state index contributed by atoms with van der Waals surface area (Å²) >= 11 is 11.7. The number of esters is 2. The van der Waals surface area contributed by atoms with Crippen molar-refractivity contribution >= 4 is 46.7 Å². The Morgan fingerprint density at radius 3 is 0.940 bits per heavy atom. The van der Waals surface area contributed by atoms with Crippen molar-refractivity contribution in [2.45, 2.75) is 78.8 Å². The number of carbonyl (C=O) groups is 4. The van der Waals surface area contributed by atoms with E-state index in [0.717, 1.165) is 0 Å². The summed E-state index contributed by atoms with van der Waals surface area (Å²) in [6.45, 7) is 13.7. The molecule has 0 bridgehead atoms. The fraction of sp³-hybridized carbons (Fsp3) is 0.300. The lowest BCUT2D eigenvalue weighted by atomic mass is 10.0. The first-order valence-electron chi connectivity index (χ1n) is 16.0. The zero-order valence-electron chi connectivity index (χ0n) is 29.4. The first kappa shape index (κ1) is 39.8.